The highest BCUT2D eigenvalue weighted by Crippen LogP contribution is 2.40. The zero-order valence-electron chi connectivity index (χ0n) is 15.5. The molecule has 3 rings (SSSR count). The van der Waals surface area contributed by atoms with Gasteiger partial charge in [-0.1, -0.05) is 28.5 Å². The zero-order chi connectivity index (χ0) is 20.7. The third-order valence-electron chi connectivity index (χ3n) is 4.10. The van der Waals surface area contributed by atoms with Crippen LogP contribution >= 0.6 is 22.6 Å². The first-order valence-electron chi connectivity index (χ1n) is 8.38. The molecule has 10 nitrogen and oxygen atoms in total. The van der Waals surface area contributed by atoms with Gasteiger partial charge in [0.15, 0.2) is 28.8 Å². The van der Waals surface area contributed by atoms with Gasteiger partial charge in [-0.2, -0.15) is 0 Å². The highest BCUT2D eigenvalue weighted by molar-refractivity contribution is 14.1. The van der Waals surface area contributed by atoms with Crippen LogP contribution in [0.2, 0.25) is 0 Å². The van der Waals surface area contributed by atoms with E-state index >= 15 is 0 Å². The molecule has 1 aliphatic heterocycles. The number of nitrogens with one attached hydrogen (secondary N) is 1. The maximum absolute atomic E-state index is 12.1. The van der Waals surface area contributed by atoms with Crippen molar-refractivity contribution >= 4 is 45.7 Å². The summed E-state index contributed by atoms with van der Waals surface area (Å²) in [5.41, 5.74) is -2.13. The predicted octanol–water partition coefficient (Wildman–Crippen LogP) is 1.23. The lowest BCUT2D eigenvalue weighted by molar-refractivity contribution is -0.0669. The molecule has 0 radical (unpaired) electrons. The van der Waals surface area contributed by atoms with Gasteiger partial charge in [-0.15, -0.1) is 6.42 Å². The van der Waals surface area contributed by atoms with E-state index in [2.05, 4.69) is 26.2 Å². The van der Waals surface area contributed by atoms with Gasteiger partial charge in [0.25, 0.3) is 0 Å². The standard InChI is InChI=1S/C17H20IN5O5/c1-5-17(26)11(24)9(6-18)27-14(17)23-8-21-10-12(19-7-20-13(10)23)22-15(25)28-16(2,3)4/h1,7-9,11,14,24,26H,6H2,2-4H3,(H,19,20,22,25)/t9-,11+,14+,17+/m0/s1. The SMILES string of the molecule is C#C[C@@]1(O)[C@H](O)[C@H](CI)O[C@H]1n1cnc2c(NC(=O)OC(C)(C)C)ncnc21. The second-order valence-corrected chi connectivity index (χ2v) is 8.15. The summed E-state index contributed by atoms with van der Waals surface area (Å²) in [5.74, 6) is 2.36. The van der Waals surface area contributed by atoms with Crippen LogP contribution in [-0.4, -0.2) is 63.7 Å². The number of hydrogen-bond donors (Lipinski definition) is 3. The average molecular weight is 501 g/mol. The van der Waals surface area contributed by atoms with Gasteiger partial charge in [-0.3, -0.25) is 9.88 Å². The molecule has 0 aliphatic carbocycles. The van der Waals surface area contributed by atoms with Gasteiger partial charge in [-0.25, -0.2) is 19.7 Å². The first-order chi connectivity index (χ1) is 13.1. The van der Waals surface area contributed by atoms with E-state index in [1.165, 1.54) is 17.2 Å². The highest BCUT2D eigenvalue weighted by atomic mass is 127. The number of carbonyl (C=O) groups is 1. The van der Waals surface area contributed by atoms with E-state index in [4.69, 9.17) is 15.9 Å². The number of aromatic nitrogens is 4. The smallest absolute Gasteiger partial charge is 0.413 e. The number of ether oxygens (including phenoxy) is 2. The molecule has 0 bridgehead atoms. The number of anilines is 1. The van der Waals surface area contributed by atoms with Crippen molar-refractivity contribution < 1.29 is 24.5 Å². The van der Waals surface area contributed by atoms with Crippen LogP contribution in [0.4, 0.5) is 10.6 Å². The molecule has 4 atom stereocenters. The minimum absolute atomic E-state index is 0.131. The van der Waals surface area contributed by atoms with E-state index in [0.29, 0.717) is 4.43 Å². The Labute approximate surface area is 174 Å². The monoisotopic (exact) mass is 501 g/mol. The van der Waals surface area contributed by atoms with Crippen LogP contribution in [0.1, 0.15) is 27.0 Å². The van der Waals surface area contributed by atoms with Crippen LogP contribution in [0.3, 0.4) is 0 Å². The molecule has 1 fully saturated rings. The van der Waals surface area contributed by atoms with Gasteiger partial charge in [0.05, 0.1) is 12.4 Å². The number of alkyl halides is 1. The van der Waals surface area contributed by atoms with Crippen molar-refractivity contribution in [2.75, 3.05) is 9.74 Å². The summed E-state index contributed by atoms with van der Waals surface area (Å²) >= 11 is 2.04. The third-order valence-corrected chi connectivity index (χ3v) is 4.97. The fourth-order valence-electron chi connectivity index (χ4n) is 2.84. The second-order valence-electron chi connectivity index (χ2n) is 7.27. The van der Waals surface area contributed by atoms with E-state index in [-0.39, 0.29) is 17.0 Å². The van der Waals surface area contributed by atoms with E-state index in [1.54, 1.807) is 20.8 Å². The Hall–Kier alpha value is -2.01. The Morgan fingerprint density at radius 3 is 2.82 bits per heavy atom. The number of terminal acetylenes is 1. The molecule has 3 heterocycles. The zero-order valence-corrected chi connectivity index (χ0v) is 17.6. The molecular weight excluding hydrogens is 481 g/mol. The lowest BCUT2D eigenvalue weighted by Crippen LogP contribution is -2.45. The molecule has 2 aromatic heterocycles. The summed E-state index contributed by atoms with van der Waals surface area (Å²) in [4.78, 5) is 24.5. The number of nitrogens with zero attached hydrogens (tertiary/aromatic N) is 4. The summed E-state index contributed by atoms with van der Waals surface area (Å²) in [6.07, 6.45) is 4.32. The molecular formula is C17H20IN5O5. The van der Waals surface area contributed by atoms with Crippen molar-refractivity contribution in [3.8, 4) is 12.3 Å². The first kappa shape index (κ1) is 20.7. The van der Waals surface area contributed by atoms with Gasteiger partial charge >= 0.3 is 6.09 Å². The maximum Gasteiger partial charge on any atom is 0.413 e. The van der Waals surface area contributed by atoms with Gasteiger partial charge in [-0.05, 0) is 20.8 Å². The van der Waals surface area contributed by atoms with E-state index in [1.807, 2.05) is 22.6 Å². The van der Waals surface area contributed by atoms with Crippen LogP contribution in [-0.2, 0) is 9.47 Å². The number of imidazole rings is 1. The van der Waals surface area contributed by atoms with Crippen molar-refractivity contribution in [2.45, 2.75) is 50.4 Å². The lowest BCUT2D eigenvalue weighted by atomic mass is 9.95. The van der Waals surface area contributed by atoms with Gasteiger partial charge in [0.2, 0.25) is 0 Å². The van der Waals surface area contributed by atoms with Crippen molar-refractivity contribution in [1.82, 2.24) is 19.5 Å². The van der Waals surface area contributed by atoms with Gasteiger partial charge in [0.1, 0.15) is 18.0 Å². The fourth-order valence-corrected chi connectivity index (χ4v) is 3.53. The fraction of sp³-hybridized carbons (Fsp3) is 0.529. The van der Waals surface area contributed by atoms with E-state index in [9.17, 15) is 15.0 Å². The molecule has 0 aromatic carbocycles. The molecule has 3 N–H and O–H groups in total. The minimum Gasteiger partial charge on any atom is -0.444 e. The number of aliphatic hydroxyl groups excluding tert-OH is 1. The van der Waals surface area contributed by atoms with E-state index < -0.39 is 35.7 Å². The van der Waals surface area contributed by atoms with Gasteiger partial charge < -0.3 is 19.7 Å². The highest BCUT2D eigenvalue weighted by Gasteiger charge is 2.55. The molecule has 1 aliphatic rings. The second kappa shape index (κ2) is 7.43. The van der Waals surface area contributed by atoms with Crippen molar-refractivity contribution in [3.63, 3.8) is 0 Å². The summed E-state index contributed by atoms with van der Waals surface area (Å²) in [6, 6.07) is 0. The number of amides is 1. The topological polar surface area (TPSA) is 132 Å². The average Bonchev–Trinajstić information content (AvgIpc) is 3.14. The molecule has 150 valence electrons. The van der Waals surface area contributed by atoms with Crippen LogP contribution in [0.5, 0.6) is 0 Å². The van der Waals surface area contributed by atoms with Gasteiger partial charge in [0, 0.05) is 4.43 Å². The number of aliphatic hydroxyl groups is 2. The maximum atomic E-state index is 12.1. The minimum atomic E-state index is -1.97. The van der Waals surface area contributed by atoms with Crippen LogP contribution in [0.15, 0.2) is 12.7 Å². The third kappa shape index (κ3) is 3.64. The molecule has 0 spiro atoms. The Bertz CT molecular complexity index is 936. The van der Waals surface area contributed by atoms with Crippen molar-refractivity contribution in [1.29, 1.82) is 0 Å². The number of halogens is 1. The number of fused-ring (bicyclic) bond motifs is 1. The Kier molecular flexibility index (Phi) is 5.50. The van der Waals surface area contributed by atoms with Crippen LogP contribution < -0.4 is 5.32 Å². The molecule has 1 saturated heterocycles. The predicted molar refractivity (Wildman–Crippen MR) is 108 cm³/mol. The molecule has 1 amide bonds. The molecule has 28 heavy (non-hydrogen) atoms. The molecule has 2 aromatic rings. The summed E-state index contributed by atoms with van der Waals surface area (Å²) in [6.45, 7) is 5.22. The Morgan fingerprint density at radius 1 is 1.50 bits per heavy atom. The molecule has 11 heteroatoms. The number of rotatable bonds is 3. The Balaban J connectivity index is 1.97. The quantitative estimate of drug-likeness (QED) is 0.325. The summed E-state index contributed by atoms with van der Waals surface area (Å²) in [5, 5.41) is 23.7. The van der Waals surface area contributed by atoms with Crippen LogP contribution in [0, 0.1) is 12.3 Å². The number of carbonyl (C=O) groups excluding carboxylic acids is 1. The van der Waals surface area contributed by atoms with Crippen LogP contribution in [0.25, 0.3) is 11.2 Å². The lowest BCUT2D eigenvalue weighted by Gasteiger charge is -2.26. The normalized spacial score (nSPS) is 27.5. The van der Waals surface area contributed by atoms with Crippen molar-refractivity contribution in [3.05, 3.63) is 12.7 Å². The molecule has 0 unspecified atom stereocenters. The van der Waals surface area contributed by atoms with Crippen molar-refractivity contribution in [2.24, 2.45) is 0 Å². The molecule has 0 saturated carbocycles. The largest absolute Gasteiger partial charge is 0.444 e. The van der Waals surface area contributed by atoms with E-state index in [0.717, 1.165) is 0 Å². The first-order valence-corrected chi connectivity index (χ1v) is 9.90. The summed E-state index contributed by atoms with van der Waals surface area (Å²) in [7, 11) is 0. The summed E-state index contributed by atoms with van der Waals surface area (Å²) < 4.78 is 12.8. The number of hydrogen-bond acceptors (Lipinski definition) is 8. The Morgan fingerprint density at radius 2 is 2.21 bits per heavy atom.